The van der Waals surface area contributed by atoms with Crippen LogP contribution < -0.4 is 21.3 Å². The van der Waals surface area contributed by atoms with Crippen LogP contribution in [0.5, 0.6) is 0 Å². The molecule has 4 N–H and O–H groups in total. The zero-order valence-electron chi connectivity index (χ0n) is 21.7. The third-order valence-corrected chi connectivity index (χ3v) is 7.72. The second kappa shape index (κ2) is 10.7. The second-order valence-electron chi connectivity index (χ2n) is 10.4. The van der Waals surface area contributed by atoms with Crippen LogP contribution in [0.3, 0.4) is 0 Å². The highest BCUT2D eigenvalue weighted by molar-refractivity contribution is 5.99. The zero-order chi connectivity index (χ0) is 26.8. The van der Waals surface area contributed by atoms with Gasteiger partial charge in [0.15, 0.2) is 0 Å². The average Bonchev–Trinajstić information content (AvgIpc) is 3.18. The Kier molecular flexibility index (Phi) is 7.13. The number of piperidine rings is 1. The molecule has 0 spiro atoms. The summed E-state index contributed by atoms with van der Waals surface area (Å²) < 4.78 is 0. The van der Waals surface area contributed by atoms with E-state index in [0.29, 0.717) is 28.8 Å². The van der Waals surface area contributed by atoms with Crippen molar-refractivity contribution in [3.63, 3.8) is 0 Å². The summed E-state index contributed by atoms with van der Waals surface area (Å²) in [6, 6.07) is 17.6. The number of benzene rings is 2. The molecule has 3 aromatic rings. The number of primary amides is 1. The molecule has 8 heteroatoms. The fourth-order valence-electron chi connectivity index (χ4n) is 5.81. The number of hydrogen-bond donors (Lipinski definition) is 3. The summed E-state index contributed by atoms with van der Waals surface area (Å²) in [6.45, 7) is 4.09. The molecule has 3 atom stereocenters. The Labute approximate surface area is 222 Å². The minimum atomic E-state index is -0.490. The maximum absolute atomic E-state index is 13.1. The van der Waals surface area contributed by atoms with Crippen molar-refractivity contribution in [2.45, 2.75) is 64.2 Å². The first kappa shape index (κ1) is 25.4. The average molecular weight is 512 g/mol. The first-order valence-electron chi connectivity index (χ1n) is 13.1. The van der Waals surface area contributed by atoms with Gasteiger partial charge in [-0.1, -0.05) is 30.3 Å². The Morgan fingerprint density at radius 3 is 2.21 bits per heavy atom. The van der Waals surface area contributed by atoms with Crippen molar-refractivity contribution >= 4 is 23.5 Å². The lowest BCUT2D eigenvalue weighted by molar-refractivity contribution is 0.0922. The summed E-state index contributed by atoms with van der Waals surface area (Å²) in [4.78, 5) is 44.3. The number of nitrogens with zero attached hydrogens (tertiary/aromatic N) is 2. The molecular weight excluding hydrogens is 478 g/mol. The lowest BCUT2D eigenvalue weighted by Gasteiger charge is -2.40. The van der Waals surface area contributed by atoms with Crippen LogP contribution in [0.4, 0.5) is 5.82 Å². The van der Waals surface area contributed by atoms with E-state index in [4.69, 9.17) is 5.73 Å². The Balaban J connectivity index is 1.20. The molecule has 196 valence electrons. The normalized spacial score (nSPS) is 20.2. The van der Waals surface area contributed by atoms with Crippen LogP contribution in [0.1, 0.15) is 73.4 Å². The van der Waals surface area contributed by atoms with Gasteiger partial charge >= 0.3 is 0 Å². The van der Waals surface area contributed by atoms with Crippen LogP contribution in [0.15, 0.2) is 60.8 Å². The van der Waals surface area contributed by atoms with E-state index in [2.05, 4.69) is 20.5 Å². The molecule has 5 rings (SSSR count). The van der Waals surface area contributed by atoms with Gasteiger partial charge in [0.25, 0.3) is 11.8 Å². The van der Waals surface area contributed by atoms with Crippen molar-refractivity contribution in [2.75, 3.05) is 4.90 Å². The van der Waals surface area contributed by atoms with Crippen molar-refractivity contribution < 1.29 is 14.4 Å². The minimum Gasteiger partial charge on any atom is -0.366 e. The Morgan fingerprint density at radius 1 is 0.921 bits per heavy atom. The number of aryl methyl sites for hydroxylation is 2. The van der Waals surface area contributed by atoms with E-state index >= 15 is 0 Å². The Morgan fingerprint density at radius 2 is 1.58 bits per heavy atom. The van der Waals surface area contributed by atoms with Crippen molar-refractivity contribution in [3.05, 3.63) is 94.2 Å². The number of pyridine rings is 1. The van der Waals surface area contributed by atoms with E-state index in [1.807, 2.05) is 49.4 Å². The topological polar surface area (TPSA) is 117 Å². The molecule has 3 heterocycles. The molecule has 0 radical (unpaired) electrons. The van der Waals surface area contributed by atoms with Gasteiger partial charge in [0.1, 0.15) is 5.82 Å². The number of nitrogens with two attached hydrogens (primary N) is 1. The molecule has 2 fully saturated rings. The van der Waals surface area contributed by atoms with E-state index in [9.17, 15) is 14.4 Å². The molecule has 38 heavy (non-hydrogen) atoms. The number of anilines is 1. The summed E-state index contributed by atoms with van der Waals surface area (Å²) >= 11 is 0. The third-order valence-electron chi connectivity index (χ3n) is 7.72. The largest absolute Gasteiger partial charge is 0.366 e. The summed E-state index contributed by atoms with van der Waals surface area (Å²) in [5.41, 5.74) is 9.48. The van der Waals surface area contributed by atoms with Gasteiger partial charge in [0.05, 0.1) is 5.56 Å². The molecule has 3 amide bonds. The van der Waals surface area contributed by atoms with Gasteiger partial charge in [-0.3, -0.25) is 14.4 Å². The number of carbonyl (C=O) groups is 3. The number of nitrogens with one attached hydrogen (secondary N) is 2. The number of hydrogen-bond acceptors (Lipinski definition) is 5. The van der Waals surface area contributed by atoms with Crippen LogP contribution in [0.2, 0.25) is 0 Å². The van der Waals surface area contributed by atoms with Crippen LogP contribution in [-0.4, -0.2) is 40.8 Å². The smallest absolute Gasteiger partial charge is 0.253 e. The number of amides is 3. The fourth-order valence-corrected chi connectivity index (χ4v) is 5.81. The fraction of sp³-hybridized carbons (Fsp3) is 0.333. The molecule has 1 aromatic heterocycles. The molecule has 8 nitrogen and oxygen atoms in total. The molecule has 2 aromatic carbocycles. The van der Waals surface area contributed by atoms with Crippen LogP contribution in [0.25, 0.3) is 0 Å². The maximum Gasteiger partial charge on any atom is 0.253 e. The molecule has 2 bridgehead atoms. The molecule has 0 saturated carbocycles. The highest BCUT2D eigenvalue weighted by Gasteiger charge is 2.42. The summed E-state index contributed by atoms with van der Waals surface area (Å²) in [5.74, 6) is 0.113. The highest BCUT2D eigenvalue weighted by Crippen LogP contribution is 2.38. The molecule has 0 aliphatic carbocycles. The quantitative estimate of drug-likeness (QED) is 0.448. The van der Waals surface area contributed by atoms with Crippen molar-refractivity contribution in [1.82, 2.24) is 15.6 Å². The summed E-state index contributed by atoms with van der Waals surface area (Å²) in [6.07, 6.45) is 5.40. The van der Waals surface area contributed by atoms with Crippen LogP contribution in [-0.2, 0) is 6.54 Å². The molecule has 2 aliphatic heterocycles. The van der Waals surface area contributed by atoms with Crippen molar-refractivity contribution in [2.24, 2.45) is 5.73 Å². The lowest BCUT2D eigenvalue weighted by Crippen LogP contribution is -2.50. The summed E-state index contributed by atoms with van der Waals surface area (Å²) in [7, 11) is 0. The zero-order valence-corrected chi connectivity index (χ0v) is 21.7. The maximum atomic E-state index is 13.1. The molecule has 2 aliphatic rings. The van der Waals surface area contributed by atoms with Gasteiger partial charge in [-0.05, 0) is 80.5 Å². The minimum absolute atomic E-state index is 0.0646. The number of carbonyl (C=O) groups excluding carboxylic acids is 3. The number of rotatable bonds is 7. The molecular formula is C30H33N5O3. The monoisotopic (exact) mass is 511 g/mol. The number of aromatic nitrogens is 1. The van der Waals surface area contributed by atoms with Crippen molar-refractivity contribution in [1.29, 1.82) is 0 Å². The van der Waals surface area contributed by atoms with E-state index in [-0.39, 0.29) is 29.9 Å². The lowest BCUT2D eigenvalue weighted by atomic mass is 9.95. The standard InChI is InChI=1S/C30H33N5O3/c1-18-13-26(19(2)12-25(18)28(31)36)30(38)34-22-14-23-9-10-24(15-22)35(23)27-11-8-21(17-32-27)29(37)33-16-20-6-4-3-5-7-20/h3-8,11-13,17,22-24H,9-10,14-16H2,1-2H3,(H2,31,36)(H,33,37)(H,34,38)/t22-,23+,24-. The second-order valence-corrected chi connectivity index (χ2v) is 10.4. The molecule has 2 saturated heterocycles. The third kappa shape index (κ3) is 5.25. The predicted molar refractivity (Wildman–Crippen MR) is 146 cm³/mol. The Hall–Kier alpha value is -4.20. The van der Waals surface area contributed by atoms with E-state index in [1.54, 1.807) is 25.3 Å². The first-order chi connectivity index (χ1) is 18.3. The van der Waals surface area contributed by atoms with Gasteiger partial charge in [0, 0.05) is 42.0 Å². The predicted octanol–water partition coefficient (Wildman–Crippen LogP) is 3.66. The van der Waals surface area contributed by atoms with Gasteiger partial charge in [0.2, 0.25) is 5.91 Å². The van der Waals surface area contributed by atoms with Gasteiger partial charge in [-0.15, -0.1) is 0 Å². The first-order valence-corrected chi connectivity index (χ1v) is 13.1. The van der Waals surface area contributed by atoms with Gasteiger partial charge < -0.3 is 21.3 Å². The molecule has 0 unspecified atom stereocenters. The summed E-state index contributed by atoms with van der Waals surface area (Å²) in [5, 5.41) is 6.16. The highest BCUT2D eigenvalue weighted by atomic mass is 16.2. The van der Waals surface area contributed by atoms with Crippen molar-refractivity contribution in [3.8, 4) is 0 Å². The van der Waals surface area contributed by atoms with Gasteiger partial charge in [-0.2, -0.15) is 0 Å². The van der Waals surface area contributed by atoms with Gasteiger partial charge in [-0.25, -0.2) is 4.98 Å². The van der Waals surface area contributed by atoms with E-state index in [1.165, 1.54) is 0 Å². The Bertz CT molecular complexity index is 1340. The van der Waals surface area contributed by atoms with E-state index in [0.717, 1.165) is 42.6 Å². The van der Waals surface area contributed by atoms with Crippen LogP contribution in [0, 0.1) is 13.8 Å². The van der Waals surface area contributed by atoms with Crippen LogP contribution >= 0.6 is 0 Å². The number of fused-ring (bicyclic) bond motifs is 2. The van der Waals surface area contributed by atoms with E-state index < -0.39 is 5.91 Å². The SMILES string of the molecule is Cc1cc(C(=O)N[C@H]2C[C@H]3CC[C@@H](C2)N3c2ccc(C(=O)NCc3ccccc3)cn2)c(C)cc1C(N)=O.